The molecular formula is C24H27NO4. The first-order chi connectivity index (χ1) is 14.1. The third-order valence-corrected chi connectivity index (χ3v) is 5.21. The Morgan fingerprint density at radius 2 is 1.90 bits per heavy atom. The fourth-order valence-corrected chi connectivity index (χ4v) is 3.61. The molecule has 0 spiro atoms. The van der Waals surface area contributed by atoms with Gasteiger partial charge in [0.1, 0.15) is 17.0 Å². The first-order valence-corrected chi connectivity index (χ1v) is 9.89. The van der Waals surface area contributed by atoms with Gasteiger partial charge >= 0.3 is 0 Å². The normalized spacial score (nSPS) is 12.0. The molecular weight excluding hydrogens is 366 g/mol. The number of pyridine rings is 1. The Morgan fingerprint density at radius 3 is 2.62 bits per heavy atom. The zero-order chi connectivity index (χ0) is 20.8. The Bertz CT molecular complexity index is 999. The van der Waals surface area contributed by atoms with Gasteiger partial charge in [0.25, 0.3) is 0 Å². The van der Waals surface area contributed by atoms with Crippen molar-refractivity contribution in [2.45, 2.75) is 38.5 Å². The van der Waals surface area contributed by atoms with Gasteiger partial charge < -0.3 is 14.6 Å². The van der Waals surface area contributed by atoms with E-state index in [0.717, 1.165) is 23.8 Å². The predicted octanol–water partition coefficient (Wildman–Crippen LogP) is 5.24. The number of Topliss-reactive ketones (excluding diaryl/α,β-unsaturated/α-hetero) is 1. The lowest BCUT2D eigenvalue weighted by Crippen LogP contribution is -2.10. The number of nitrogens with zero attached hydrogens (tertiary/aromatic N) is 1. The van der Waals surface area contributed by atoms with E-state index in [-0.39, 0.29) is 17.5 Å². The van der Waals surface area contributed by atoms with Gasteiger partial charge in [0.05, 0.1) is 14.2 Å². The average Bonchev–Trinajstić information content (AvgIpc) is 2.76. The summed E-state index contributed by atoms with van der Waals surface area (Å²) < 4.78 is 10.8. The summed E-state index contributed by atoms with van der Waals surface area (Å²) in [6, 6.07) is 13.2. The summed E-state index contributed by atoms with van der Waals surface area (Å²) >= 11 is 0. The van der Waals surface area contributed by atoms with Crippen molar-refractivity contribution in [3.63, 3.8) is 0 Å². The van der Waals surface area contributed by atoms with E-state index in [1.54, 1.807) is 20.4 Å². The van der Waals surface area contributed by atoms with Crippen molar-refractivity contribution in [2.75, 3.05) is 14.2 Å². The first kappa shape index (κ1) is 20.6. The molecule has 0 aliphatic rings. The van der Waals surface area contributed by atoms with Gasteiger partial charge in [-0.05, 0) is 30.2 Å². The second-order valence-electron chi connectivity index (χ2n) is 7.09. The van der Waals surface area contributed by atoms with Crippen LogP contribution in [0.2, 0.25) is 0 Å². The lowest BCUT2D eigenvalue weighted by atomic mass is 9.85. The maximum atomic E-state index is 12.7. The number of ether oxygens (including phenoxy) is 2. The van der Waals surface area contributed by atoms with Crippen LogP contribution in [0, 0.1) is 0 Å². The van der Waals surface area contributed by atoms with Gasteiger partial charge in [-0.15, -0.1) is 0 Å². The van der Waals surface area contributed by atoms with Crippen LogP contribution in [0.25, 0.3) is 10.9 Å². The summed E-state index contributed by atoms with van der Waals surface area (Å²) in [6.45, 7) is 2.07. The lowest BCUT2D eigenvalue weighted by molar-refractivity contribution is -0.119. The molecule has 3 rings (SSSR count). The van der Waals surface area contributed by atoms with Gasteiger partial charge in [-0.2, -0.15) is 0 Å². The van der Waals surface area contributed by atoms with Crippen LogP contribution >= 0.6 is 0 Å². The Kier molecular flexibility index (Phi) is 6.70. The van der Waals surface area contributed by atoms with Crippen molar-refractivity contribution >= 4 is 16.7 Å². The molecule has 0 aliphatic carbocycles. The fraction of sp³-hybridized carbons (Fsp3) is 0.333. The highest BCUT2D eigenvalue weighted by Gasteiger charge is 2.23. The number of rotatable bonds is 9. The molecule has 0 saturated heterocycles. The van der Waals surface area contributed by atoms with Gasteiger partial charge in [0.15, 0.2) is 11.5 Å². The van der Waals surface area contributed by atoms with Gasteiger partial charge in [-0.25, -0.2) is 0 Å². The van der Waals surface area contributed by atoms with Crippen LogP contribution in [0.3, 0.4) is 0 Å². The molecule has 3 aromatic rings. The third-order valence-electron chi connectivity index (χ3n) is 5.21. The van der Waals surface area contributed by atoms with Crippen molar-refractivity contribution in [3.05, 3.63) is 59.8 Å². The topological polar surface area (TPSA) is 68.7 Å². The van der Waals surface area contributed by atoms with Crippen LogP contribution in [-0.2, 0) is 4.79 Å². The number of methoxy groups -OCH3 is 2. The van der Waals surface area contributed by atoms with E-state index in [1.807, 2.05) is 42.5 Å². The zero-order valence-electron chi connectivity index (χ0n) is 17.1. The molecule has 0 saturated carbocycles. The highest BCUT2D eigenvalue weighted by molar-refractivity contribution is 5.87. The number of carbonyl (C=O) groups is 1. The van der Waals surface area contributed by atoms with Gasteiger partial charge in [0, 0.05) is 35.9 Å². The third kappa shape index (κ3) is 4.50. The molecule has 152 valence electrons. The molecule has 0 fully saturated rings. The van der Waals surface area contributed by atoms with E-state index in [9.17, 15) is 9.90 Å². The molecule has 1 N–H and O–H groups in total. The summed E-state index contributed by atoms with van der Waals surface area (Å²) in [4.78, 5) is 17.0. The maximum absolute atomic E-state index is 12.7. The Morgan fingerprint density at radius 1 is 1.10 bits per heavy atom. The van der Waals surface area contributed by atoms with Crippen LogP contribution in [-0.4, -0.2) is 30.1 Å². The minimum absolute atomic E-state index is 0.117. The van der Waals surface area contributed by atoms with Crippen molar-refractivity contribution in [3.8, 4) is 17.2 Å². The first-order valence-electron chi connectivity index (χ1n) is 9.89. The number of unbranched alkanes of at least 4 members (excludes halogenated alkanes) is 1. The molecule has 29 heavy (non-hydrogen) atoms. The number of phenols is 1. The largest absolute Gasteiger partial charge is 0.505 e. The highest BCUT2D eigenvalue weighted by atomic mass is 16.5. The summed E-state index contributed by atoms with van der Waals surface area (Å²) in [7, 11) is 3.17. The quantitative estimate of drug-likeness (QED) is 0.538. The predicted molar refractivity (Wildman–Crippen MR) is 114 cm³/mol. The highest BCUT2D eigenvalue weighted by Crippen LogP contribution is 2.40. The number of aromatic hydroxyl groups is 1. The molecule has 0 bridgehead atoms. The Labute approximate surface area is 171 Å². The molecule has 5 nitrogen and oxygen atoms in total. The van der Waals surface area contributed by atoms with Crippen molar-refractivity contribution in [1.82, 2.24) is 4.98 Å². The minimum atomic E-state index is -0.300. The van der Waals surface area contributed by atoms with Gasteiger partial charge in [-0.1, -0.05) is 37.6 Å². The summed E-state index contributed by atoms with van der Waals surface area (Å²) in [5, 5.41) is 11.8. The number of fused-ring (bicyclic) bond motifs is 1. The number of aromatic nitrogens is 1. The molecule has 1 atom stereocenters. The number of carbonyl (C=O) groups excluding carboxylic acids is 1. The standard InChI is InChI=1S/C24H27NO4/c1-4-5-8-18(26)15-20(17-10-12-21(28-2)22(14-17)29-3)19-11-9-16-7-6-13-25-23(16)24(19)27/h6-7,9-14,20,27H,4-5,8,15H2,1-3H3. The number of ketones is 1. The number of benzene rings is 2. The molecule has 5 heteroatoms. The number of hydrogen-bond acceptors (Lipinski definition) is 5. The van der Waals surface area contributed by atoms with Gasteiger partial charge in [0.2, 0.25) is 0 Å². The van der Waals surface area contributed by atoms with E-state index in [1.165, 1.54) is 0 Å². The molecule has 0 amide bonds. The van der Waals surface area contributed by atoms with Crippen LogP contribution in [0.4, 0.5) is 0 Å². The zero-order valence-corrected chi connectivity index (χ0v) is 17.1. The minimum Gasteiger partial charge on any atom is -0.505 e. The van der Waals surface area contributed by atoms with Crippen molar-refractivity contribution in [2.24, 2.45) is 0 Å². The summed E-state index contributed by atoms with van der Waals surface area (Å²) in [5.41, 5.74) is 2.11. The maximum Gasteiger partial charge on any atom is 0.161 e. The van der Waals surface area contributed by atoms with Crippen molar-refractivity contribution < 1.29 is 19.4 Å². The number of hydrogen-bond donors (Lipinski definition) is 1. The van der Waals surface area contributed by atoms with E-state index < -0.39 is 0 Å². The van der Waals surface area contributed by atoms with Crippen LogP contribution in [0.5, 0.6) is 17.2 Å². The van der Waals surface area contributed by atoms with E-state index in [4.69, 9.17) is 9.47 Å². The molecule has 1 aromatic heterocycles. The smallest absolute Gasteiger partial charge is 0.161 e. The van der Waals surface area contributed by atoms with E-state index in [0.29, 0.717) is 35.4 Å². The van der Waals surface area contributed by atoms with Crippen LogP contribution < -0.4 is 9.47 Å². The van der Waals surface area contributed by atoms with Gasteiger partial charge in [-0.3, -0.25) is 9.78 Å². The molecule has 1 heterocycles. The second-order valence-corrected chi connectivity index (χ2v) is 7.09. The monoisotopic (exact) mass is 393 g/mol. The summed E-state index contributed by atoms with van der Waals surface area (Å²) in [5.74, 6) is 1.20. The molecule has 2 aromatic carbocycles. The second kappa shape index (κ2) is 9.41. The molecule has 1 unspecified atom stereocenters. The van der Waals surface area contributed by atoms with E-state index in [2.05, 4.69) is 11.9 Å². The fourth-order valence-electron chi connectivity index (χ4n) is 3.61. The van der Waals surface area contributed by atoms with Crippen LogP contribution in [0.1, 0.15) is 49.7 Å². The molecule has 0 aliphatic heterocycles. The lowest BCUT2D eigenvalue weighted by Gasteiger charge is -2.21. The Balaban J connectivity index is 2.09. The SMILES string of the molecule is CCCCC(=O)CC(c1ccc(OC)c(OC)c1)c1ccc2cccnc2c1O. The number of phenolic OH excluding ortho intramolecular Hbond substituents is 1. The average molecular weight is 393 g/mol. The molecule has 0 radical (unpaired) electrons. The van der Waals surface area contributed by atoms with Crippen LogP contribution in [0.15, 0.2) is 48.7 Å². The Hall–Kier alpha value is -3.08. The summed E-state index contributed by atoms with van der Waals surface area (Å²) in [6.07, 6.45) is 4.33. The van der Waals surface area contributed by atoms with E-state index >= 15 is 0 Å². The van der Waals surface area contributed by atoms with Crippen molar-refractivity contribution in [1.29, 1.82) is 0 Å².